The van der Waals surface area contributed by atoms with Gasteiger partial charge in [0, 0.05) is 0 Å². The molecule has 3 heteroatoms. The smallest absolute Gasteiger partial charge is 0.256 e. The van der Waals surface area contributed by atoms with E-state index in [1.165, 1.54) is 0 Å². The minimum atomic E-state index is -2.26. The van der Waals surface area contributed by atoms with Crippen molar-refractivity contribution < 1.29 is 8.78 Å². The van der Waals surface area contributed by atoms with Crippen molar-refractivity contribution >= 4 is 0 Å². The maximum Gasteiger partial charge on any atom is 0.256 e. The second kappa shape index (κ2) is 4.99. The van der Waals surface area contributed by atoms with Crippen molar-refractivity contribution in [3.05, 3.63) is 0 Å². The minimum Gasteiger partial charge on any atom is -0.306 e. The number of hydrogen-bond donors (Lipinski definition) is 1. The molecule has 0 aliphatic heterocycles. The van der Waals surface area contributed by atoms with E-state index in [4.69, 9.17) is 0 Å². The molecule has 0 radical (unpaired) electrons. The van der Waals surface area contributed by atoms with Gasteiger partial charge < -0.3 is 5.32 Å². The first-order valence-electron chi connectivity index (χ1n) is 6.34. The van der Waals surface area contributed by atoms with Gasteiger partial charge in [-0.3, -0.25) is 0 Å². The molecule has 16 heavy (non-hydrogen) atoms. The van der Waals surface area contributed by atoms with Crippen LogP contribution in [0.15, 0.2) is 0 Å². The quantitative estimate of drug-likeness (QED) is 0.778. The van der Waals surface area contributed by atoms with Crippen molar-refractivity contribution in [2.24, 2.45) is 11.3 Å². The highest BCUT2D eigenvalue weighted by Gasteiger charge is 2.48. The Morgan fingerprint density at radius 3 is 2.38 bits per heavy atom. The van der Waals surface area contributed by atoms with Gasteiger partial charge in [-0.15, -0.1) is 0 Å². The summed E-state index contributed by atoms with van der Waals surface area (Å²) >= 11 is 0. The van der Waals surface area contributed by atoms with E-state index in [9.17, 15) is 8.78 Å². The summed E-state index contributed by atoms with van der Waals surface area (Å²) in [6.07, 6.45) is 0.885. The van der Waals surface area contributed by atoms with Gasteiger partial charge >= 0.3 is 0 Å². The van der Waals surface area contributed by atoms with Crippen LogP contribution in [0.4, 0.5) is 8.78 Å². The zero-order valence-corrected chi connectivity index (χ0v) is 10.9. The highest BCUT2D eigenvalue weighted by atomic mass is 19.3. The summed E-state index contributed by atoms with van der Waals surface area (Å²) in [5, 5.41) is 3.12. The Labute approximate surface area is 98.0 Å². The monoisotopic (exact) mass is 233 g/mol. The van der Waals surface area contributed by atoms with Crippen molar-refractivity contribution in [2.75, 3.05) is 6.54 Å². The summed E-state index contributed by atoms with van der Waals surface area (Å²) in [5.74, 6) is 0.377. The molecule has 0 spiro atoms. The lowest BCUT2D eigenvalue weighted by atomic mass is 9.64. The average Bonchev–Trinajstić information content (AvgIpc) is 2.11. The summed E-state index contributed by atoms with van der Waals surface area (Å²) in [6.45, 7) is 9.00. The van der Waals surface area contributed by atoms with Crippen molar-refractivity contribution in [1.82, 2.24) is 5.32 Å². The van der Waals surface area contributed by atoms with Gasteiger partial charge in [0.25, 0.3) is 6.43 Å². The topological polar surface area (TPSA) is 12.0 Å². The predicted octanol–water partition coefficient (Wildman–Crippen LogP) is 3.84. The Bertz CT molecular complexity index is 228. The molecular weight excluding hydrogens is 208 g/mol. The first kappa shape index (κ1) is 13.9. The normalized spacial score (nSPS) is 34.3. The molecule has 0 amide bonds. The van der Waals surface area contributed by atoms with E-state index >= 15 is 0 Å². The number of nitrogens with one attached hydrogen (secondary N) is 1. The second-order valence-electron chi connectivity index (χ2n) is 6.24. The first-order valence-corrected chi connectivity index (χ1v) is 6.34. The molecule has 1 aliphatic rings. The van der Waals surface area contributed by atoms with Crippen LogP contribution >= 0.6 is 0 Å². The van der Waals surface area contributed by atoms with Crippen LogP contribution in [-0.4, -0.2) is 18.5 Å². The summed E-state index contributed by atoms with van der Waals surface area (Å²) in [4.78, 5) is 0. The van der Waals surface area contributed by atoms with E-state index in [1.807, 2.05) is 6.92 Å². The fourth-order valence-corrected chi connectivity index (χ4v) is 3.39. The lowest BCUT2D eigenvalue weighted by molar-refractivity contribution is -0.0396. The maximum atomic E-state index is 13.4. The fourth-order valence-electron chi connectivity index (χ4n) is 3.39. The molecule has 1 rings (SSSR count). The van der Waals surface area contributed by atoms with Crippen LogP contribution < -0.4 is 5.32 Å². The average molecular weight is 233 g/mol. The Kier molecular flexibility index (Phi) is 4.33. The SMILES string of the molecule is CCCNC1(C(F)F)CC(C)CC(C)(C)C1. The molecule has 2 atom stereocenters. The fraction of sp³-hybridized carbons (Fsp3) is 1.00. The number of rotatable bonds is 4. The van der Waals surface area contributed by atoms with Crippen LogP contribution in [0, 0.1) is 11.3 Å². The summed E-state index contributed by atoms with van der Waals surface area (Å²) in [5.41, 5.74) is -0.925. The number of halogens is 2. The van der Waals surface area contributed by atoms with Crippen molar-refractivity contribution in [1.29, 1.82) is 0 Å². The number of hydrogen-bond acceptors (Lipinski definition) is 1. The van der Waals surface area contributed by atoms with Gasteiger partial charge in [0.15, 0.2) is 0 Å². The Morgan fingerprint density at radius 2 is 1.94 bits per heavy atom. The molecule has 1 nitrogen and oxygen atoms in total. The Morgan fingerprint density at radius 1 is 1.31 bits per heavy atom. The standard InChI is InChI=1S/C13H25F2N/c1-5-6-16-13(11(14)15)8-10(2)7-12(3,4)9-13/h10-11,16H,5-9H2,1-4H3. The molecule has 0 bridgehead atoms. The molecule has 0 aromatic rings. The Hall–Kier alpha value is -0.180. The van der Waals surface area contributed by atoms with Gasteiger partial charge in [-0.1, -0.05) is 27.7 Å². The molecule has 0 aromatic heterocycles. The van der Waals surface area contributed by atoms with E-state index < -0.39 is 12.0 Å². The van der Waals surface area contributed by atoms with Crippen LogP contribution in [0.2, 0.25) is 0 Å². The van der Waals surface area contributed by atoms with Gasteiger partial charge in [-0.2, -0.15) is 0 Å². The van der Waals surface area contributed by atoms with Gasteiger partial charge in [0.1, 0.15) is 0 Å². The van der Waals surface area contributed by atoms with Crippen molar-refractivity contribution in [3.63, 3.8) is 0 Å². The summed E-state index contributed by atoms with van der Waals surface area (Å²) in [7, 11) is 0. The highest BCUT2D eigenvalue weighted by molar-refractivity contribution is 5.00. The van der Waals surface area contributed by atoms with Gasteiger partial charge in [-0.25, -0.2) is 8.78 Å². The highest BCUT2D eigenvalue weighted by Crippen LogP contribution is 2.46. The zero-order chi connectivity index (χ0) is 12.4. The van der Waals surface area contributed by atoms with E-state index in [1.54, 1.807) is 0 Å². The molecule has 1 saturated carbocycles. The molecular formula is C13H25F2N. The molecule has 96 valence electrons. The third-order valence-electron chi connectivity index (χ3n) is 3.55. The third-order valence-corrected chi connectivity index (χ3v) is 3.55. The second-order valence-corrected chi connectivity index (χ2v) is 6.24. The van der Waals surface area contributed by atoms with E-state index in [0.717, 1.165) is 12.8 Å². The Balaban J connectivity index is 2.82. The lowest BCUT2D eigenvalue weighted by Crippen LogP contribution is -2.57. The van der Waals surface area contributed by atoms with Crippen molar-refractivity contribution in [3.8, 4) is 0 Å². The predicted molar refractivity (Wildman–Crippen MR) is 63.8 cm³/mol. The van der Waals surface area contributed by atoms with E-state index in [2.05, 4.69) is 26.1 Å². The zero-order valence-electron chi connectivity index (χ0n) is 10.9. The molecule has 1 N–H and O–H groups in total. The molecule has 2 unspecified atom stereocenters. The maximum absolute atomic E-state index is 13.4. The first-order chi connectivity index (χ1) is 7.31. The molecule has 0 heterocycles. The summed E-state index contributed by atoms with van der Waals surface area (Å²) in [6, 6.07) is 0. The van der Waals surface area contributed by atoms with Crippen LogP contribution in [0.25, 0.3) is 0 Å². The van der Waals surface area contributed by atoms with Gasteiger partial charge in [-0.05, 0) is 43.6 Å². The van der Waals surface area contributed by atoms with E-state index in [-0.39, 0.29) is 5.41 Å². The third kappa shape index (κ3) is 3.16. The van der Waals surface area contributed by atoms with Crippen molar-refractivity contribution in [2.45, 2.75) is 65.3 Å². The molecule has 0 aromatic carbocycles. The number of alkyl halides is 2. The summed E-state index contributed by atoms with van der Waals surface area (Å²) < 4.78 is 26.7. The molecule has 1 fully saturated rings. The van der Waals surface area contributed by atoms with Crippen LogP contribution in [0.5, 0.6) is 0 Å². The van der Waals surface area contributed by atoms with Gasteiger partial charge in [0.05, 0.1) is 5.54 Å². The molecule has 0 saturated heterocycles. The van der Waals surface area contributed by atoms with Crippen LogP contribution in [0.3, 0.4) is 0 Å². The van der Waals surface area contributed by atoms with E-state index in [0.29, 0.717) is 25.3 Å². The minimum absolute atomic E-state index is 0.0227. The van der Waals surface area contributed by atoms with Crippen LogP contribution in [0.1, 0.15) is 53.4 Å². The van der Waals surface area contributed by atoms with Crippen LogP contribution in [-0.2, 0) is 0 Å². The lowest BCUT2D eigenvalue weighted by Gasteiger charge is -2.47. The molecule has 1 aliphatic carbocycles. The van der Waals surface area contributed by atoms with Gasteiger partial charge in [0.2, 0.25) is 0 Å². The largest absolute Gasteiger partial charge is 0.306 e.